The van der Waals surface area contributed by atoms with Gasteiger partial charge < -0.3 is 14.5 Å². The summed E-state index contributed by atoms with van der Waals surface area (Å²) in [6.45, 7) is 3.72. The first kappa shape index (κ1) is 15.8. The summed E-state index contributed by atoms with van der Waals surface area (Å²) in [4.78, 5) is 2.06. The van der Waals surface area contributed by atoms with Crippen LogP contribution in [0.4, 0.5) is 5.69 Å². The second-order valence-corrected chi connectivity index (χ2v) is 7.56. The number of nitrogens with zero attached hydrogens (tertiary/aromatic N) is 3. The Hall–Kier alpha value is -2.06. The number of sulfonamides is 1. The molecular weight excluding hydrogens is 318 g/mol. The molecule has 0 radical (unpaired) electrons. The summed E-state index contributed by atoms with van der Waals surface area (Å²) in [5, 5.41) is 13.3. The third-order valence-corrected chi connectivity index (χ3v) is 5.65. The van der Waals surface area contributed by atoms with Crippen LogP contribution in [0.15, 0.2) is 34.9 Å². The van der Waals surface area contributed by atoms with Crippen LogP contribution in [-0.4, -0.2) is 49.2 Å². The molecule has 23 heavy (non-hydrogen) atoms. The number of aromatic nitrogens is 1. The molecule has 3 rings (SSSR count). The molecule has 0 aliphatic carbocycles. The van der Waals surface area contributed by atoms with Crippen LogP contribution in [0, 0.1) is 6.92 Å². The summed E-state index contributed by atoms with van der Waals surface area (Å²) in [7, 11) is -3.40. The molecule has 1 aromatic carbocycles. The zero-order valence-corrected chi connectivity index (χ0v) is 13.7. The Bertz CT molecular complexity index is 780. The Morgan fingerprint density at radius 1 is 1.22 bits per heavy atom. The highest BCUT2D eigenvalue weighted by Crippen LogP contribution is 2.22. The van der Waals surface area contributed by atoms with Gasteiger partial charge in [-0.15, -0.1) is 0 Å². The third kappa shape index (κ3) is 3.65. The molecule has 7 nitrogen and oxygen atoms in total. The maximum Gasteiger partial charge on any atom is 0.220 e. The lowest BCUT2D eigenvalue weighted by Crippen LogP contribution is -2.49. The molecule has 1 saturated heterocycles. The maximum absolute atomic E-state index is 12.4. The van der Waals surface area contributed by atoms with Gasteiger partial charge in [-0.05, 0) is 19.1 Å². The van der Waals surface area contributed by atoms with Crippen molar-refractivity contribution in [3.63, 3.8) is 0 Å². The smallest absolute Gasteiger partial charge is 0.220 e. The third-order valence-electron chi connectivity index (χ3n) is 3.83. The zero-order valence-electron chi connectivity index (χ0n) is 12.8. The number of hydrogen-bond donors (Lipinski definition) is 1. The van der Waals surface area contributed by atoms with Gasteiger partial charge in [-0.1, -0.05) is 11.2 Å². The number of benzene rings is 1. The lowest BCUT2D eigenvalue weighted by Gasteiger charge is -2.35. The Kier molecular flexibility index (Phi) is 4.27. The van der Waals surface area contributed by atoms with E-state index in [9.17, 15) is 13.5 Å². The van der Waals surface area contributed by atoms with Gasteiger partial charge in [0.05, 0.1) is 0 Å². The molecular formula is C15H19N3O4S. The van der Waals surface area contributed by atoms with Crippen molar-refractivity contribution < 1.29 is 18.0 Å². The number of phenols is 1. The Morgan fingerprint density at radius 2 is 1.96 bits per heavy atom. The molecule has 0 spiro atoms. The van der Waals surface area contributed by atoms with Crippen molar-refractivity contribution in [3.8, 4) is 5.75 Å². The van der Waals surface area contributed by atoms with Crippen molar-refractivity contribution in [3.05, 3.63) is 41.8 Å². The van der Waals surface area contributed by atoms with Crippen LogP contribution >= 0.6 is 0 Å². The van der Waals surface area contributed by atoms with E-state index in [1.54, 1.807) is 31.2 Å². The topological polar surface area (TPSA) is 86.9 Å². The van der Waals surface area contributed by atoms with Crippen LogP contribution in [0.25, 0.3) is 0 Å². The number of rotatable bonds is 4. The van der Waals surface area contributed by atoms with E-state index in [4.69, 9.17) is 4.52 Å². The van der Waals surface area contributed by atoms with Crippen molar-refractivity contribution in [1.29, 1.82) is 0 Å². The predicted octanol–water partition coefficient (Wildman–Crippen LogP) is 1.34. The lowest BCUT2D eigenvalue weighted by molar-refractivity contribution is 0.378. The van der Waals surface area contributed by atoms with Gasteiger partial charge in [-0.25, -0.2) is 8.42 Å². The average molecular weight is 337 g/mol. The van der Waals surface area contributed by atoms with Gasteiger partial charge in [0, 0.05) is 44.0 Å². The minimum atomic E-state index is -3.40. The molecule has 0 unspecified atom stereocenters. The normalized spacial score (nSPS) is 16.7. The maximum atomic E-state index is 12.4. The van der Waals surface area contributed by atoms with Gasteiger partial charge in [-0.2, -0.15) is 4.31 Å². The molecule has 0 atom stereocenters. The Morgan fingerprint density at radius 3 is 2.57 bits per heavy atom. The number of anilines is 1. The number of aryl methyl sites for hydroxylation is 1. The van der Waals surface area contributed by atoms with E-state index in [2.05, 4.69) is 10.1 Å². The fourth-order valence-corrected chi connectivity index (χ4v) is 4.09. The van der Waals surface area contributed by atoms with Crippen molar-refractivity contribution in [2.24, 2.45) is 0 Å². The minimum Gasteiger partial charge on any atom is -0.508 e. The molecule has 1 fully saturated rings. The fourth-order valence-electron chi connectivity index (χ4n) is 2.68. The molecule has 8 heteroatoms. The van der Waals surface area contributed by atoms with Crippen LogP contribution in [0.2, 0.25) is 0 Å². The van der Waals surface area contributed by atoms with E-state index >= 15 is 0 Å². The van der Waals surface area contributed by atoms with E-state index in [0.29, 0.717) is 37.6 Å². The van der Waals surface area contributed by atoms with Crippen LogP contribution in [0.1, 0.15) is 11.5 Å². The summed E-state index contributed by atoms with van der Waals surface area (Å²) in [5.41, 5.74) is 1.33. The summed E-state index contributed by atoms with van der Waals surface area (Å²) in [6, 6.07) is 8.62. The Balaban J connectivity index is 1.64. The molecule has 2 heterocycles. The van der Waals surface area contributed by atoms with Gasteiger partial charge >= 0.3 is 0 Å². The van der Waals surface area contributed by atoms with Crippen molar-refractivity contribution in [2.75, 3.05) is 31.1 Å². The first-order chi connectivity index (χ1) is 10.9. The van der Waals surface area contributed by atoms with E-state index < -0.39 is 10.0 Å². The number of hydrogen-bond acceptors (Lipinski definition) is 6. The average Bonchev–Trinajstić information content (AvgIpc) is 2.92. The van der Waals surface area contributed by atoms with Gasteiger partial charge in [0.2, 0.25) is 10.0 Å². The SMILES string of the molecule is Cc1cc(CS(=O)(=O)N2CCN(c3cccc(O)c3)CC2)no1. The molecule has 2 aromatic rings. The van der Waals surface area contributed by atoms with Crippen molar-refractivity contribution in [2.45, 2.75) is 12.7 Å². The number of aromatic hydroxyl groups is 1. The lowest BCUT2D eigenvalue weighted by atomic mass is 10.2. The van der Waals surface area contributed by atoms with Gasteiger partial charge in [0.1, 0.15) is 23.0 Å². The van der Waals surface area contributed by atoms with Crippen LogP contribution in [0.3, 0.4) is 0 Å². The van der Waals surface area contributed by atoms with Crippen molar-refractivity contribution in [1.82, 2.24) is 9.46 Å². The second-order valence-electron chi connectivity index (χ2n) is 5.59. The molecule has 0 amide bonds. The standard InChI is InChI=1S/C15H19N3O4S/c1-12-9-13(16-22-12)11-23(20,21)18-7-5-17(6-8-18)14-3-2-4-15(19)10-14/h2-4,9-10,19H,5-8,11H2,1H3. The van der Waals surface area contributed by atoms with E-state index in [0.717, 1.165) is 5.69 Å². The number of piperazine rings is 1. The molecule has 1 N–H and O–H groups in total. The summed E-state index contributed by atoms with van der Waals surface area (Å²) < 4.78 is 31.3. The largest absolute Gasteiger partial charge is 0.508 e. The summed E-state index contributed by atoms with van der Waals surface area (Å²) in [6.07, 6.45) is 0. The summed E-state index contributed by atoms with van der Waals surface area (Å²) >= 11 is 0. The fraction of sp³-hybridized carbons (Fsp3) is 0.400. The van der Waals surface area contributed by atoms with Crippen LogP contribution in [-0.2, 0) is 15.8 Å². The predicted molar refractivity (Wildman–Crippen MR) is 85.8 cm³/mol. The monoisotopic (exact) mass is 337 g/mol. The molecule has 1 aliphatic heterocycles. The molecule has 1 aromatic heterocycles. The first-order valence-electron chi connectivity index (χ1n) is 7.38. The molecule has 0 bridgehead atoms. The second kappa shape index (κ2) is 6.21. The minimum absolute atomic E-state index is 0.142. The molecule has 124 valence electrons. The summed E-state index contributed by atoms with van der Waals surface area (Å²) in [5.74, 6) is 0.666. The van der Waals surface area contributed by atoms with Crippen LogP contribution in [0.5, 0.6) is 5.75 Å². The highest BCUT2D eigenvalue weighted by atomic mass is 32.2. The highest BCUT2D eigenvalue weighted by Gasteiger charge is 2.28. The zero-order chi connectivity index (χ0) is 16.4. The quantitative estimate of drug-likeness (QED) is 0.906. The number of phenolic OH excluding ortho intramolecular Hbond substituents is 1. The van der Waals surface area contributed by atoms with Gasteiger partial charge in [0.25, 0.3) is 0 Å². The van der Waals surface area contributed by atoms with Crippen LogP contribution < -0.4 is 4.90 Å². The molecule has 1 aliphatic rings. The molecule has 0 saturated carbocycles. The Labute approximate surface area is 135 Å². The van der Waals surface area contributed by atoms with Crippen molar-refractivity contribution >= 4 is 15.7 Å². The van der Waals surface area contributed by atoms with E-state index in [1.807, 2.05) is 6.07 Å². The van der Waals surface area contributed by atoms with Gasteiger partial charge in [0.15, 0.2) is 0 Å². The first-order valence-corrected chi connectivity index (χ1v) is 8.99. The van der Waals surface area contributed by atoms with Gasteiger partial charge in [-0.3, -0.25) is 0 Å². The van der Waals surface area contributed by atoms with E-state index in [1.165, 1.54) is 4.31 Å². The highest BCUT2D eigenvalue weighted by molar-refractivity contribution is 7.88. The van der Waals surface area contributed by atoms with E-state index in [-0.39, 0.29) is 11.5 Å².